The molecule has 0 spiro atoms. The van der Waals surface area contributed by atoms with Crippen LogP contribution in [-0.2, 0) is 6.42 Å². The molecule has 190 valence electrons. The van der Waals surface area contributed by atoms with Gasteiger partial charge in [0.05, 0.1) is 5.92 Å². The molecule has 1 aromatic rings. The molecule has 0 radical (unpaired) electrons. The van der Waals surface area contributed by atoms with Crippen LogP contribution in [0.4, 0.5) is 13.2 Å². The van der Waals surface area contributed by atoms with Crippen LogP contribution in [0.3, 0.4) is 0 Å². The second-order valence-electron chi connectivity index (χ2n) is 11.2. The van der Waals surface area contributed by atoms with Crippen molar-refractivity contribution in [2.75, 3.05) is 0 Å². The fourth-order valence-corrected chi connectivity index (χ4v) is 5.17. The van der Waals surface area contributed by atoms with Crippen molar-refractivity contribution in [3.63, 3.8) is 0 Å². The minimum atomic E-state index is -4.07. The molecule has 3 unspecified atom stereocenters. The van der Waals surface area contributed by atoms with Crippen molar-refractivity contribution in [3.8, 4) is 11.5 Å². The summed E-state index contributed by atoms with van der Waals surface area (Å²) >= 11 is 0. The number of halogens is 3. The molecule has 3 atom stereocenters. The highest BCUT2D eigenvalue weighted by molar-refractivity contribution is 5.53. The monoisotopic (exact) mass is 470 g/mol. The topological polar surface area (TPSA) is 29.5 Å². The summed E-state index contributed by atoms with van der Waals surface area (Å²) < 4.78 is 46.6. The van der Waals surface area contributed by atoms with Crippen molar-refractivity contribution in [3.05, 3.63) is 22.8 Å². The summed E-state index contributed by atoms with van der Waals surface area (Å²) in [6.45, 7) is 12.4. The van der Waals surface area contributed by atoms with E-state index in [1.54, 1.807) is 6.07 Å². The molecule has 1 aliphatic rings. The van der Waals surface area contributed by atoms with Gasteiger partial charge in [-0.15, -0.1) is 0 Å². The van der Waals surface area contributed by atoms with Gasteiger partial charge in [-0.3, -0.25) is 0 Å². The largest absolute Gasteiger partial charge is 0.508 e. The summed E-state index contributed by atoms with van der Waals surface area (Å²) in [6.07, 6.45) is 4.28. The Morgan fingerprint density at radius 3 is 2.21 bits per heavy atom. The smallest absolute Gasteiger partial charge is 0.391 e. The van der Waals surface area contributed by atoms with E-state index in [9.17, 15) is 18.3 Å². The van der Waals surface area contributed by atoms with Crippen LogP contribution in [0.25, 0.3) is 0 Å². The number of alkyl halides is 3. The van der Waals surface area contributed by atoms with Gasteiger partial charge in [-0.2, -0.15) is 13.2 Å². The average Bonchev–Trinajstić information content (AvgIpc) is 2.70. The van der Waals surface area contributed by atoms with Crippen LogP contribution in [0, 0.1) is 31.6 Å². The molecule has 0 aliphatic carbocycles. The van der Waals surface area contributed by atoms with Gasteiger partial charge in [0.1, 0.15) is 17.1 Å². The van der Waals surface area contributed by atoms with Crippen molar-refractivity contribution < 1.29 is 23.0 Å². The standard InChI is InChI=1S/C28H45F3O2/c1-19(2)10-7-13-23(28(29,30)31)14-8-11-20(3)12-9-16-27(6)17-15-24-22(5)25(32)18-21(4)26(24)33-27/h18-20,23,32H,7-17H2,1-6H3. The quantitative estimate of drug-likeness (QED) is 0.330. The molecule has 1 aromatic carbocycles. The number of benzene rings is 1. The van der Waals surface area contributed by atoms with E-state index in [1.807, 2.05) is 13.8 Å². The van der Waals surface area contributed by atoms with Gasteiger partial charge in [-0.25, -0.2) is 0 Å². The van der Waals surface area contributed by atoms with Gasteiger partial charge >= 0.3 is 6.18 Å². The number of phenolic OH excluding ortho intramolecular Hbond substituents is 1. The molecule has 1 aliphatic heterocycles. The van der Waals surface area contributed by atoms with Gasteiger partial charge in [0.25, 0.3) is 0 Å². The summed E-state index contributed by atoms with van der Waals surface area (Å²) in [7, 11) is 0. The lowest BCUT2D eigenvalue weighted by molar-refractivity contribution is -0.179. The Kier molecular flexibility index (Phi) is 9.99. The minimum absolute atomic E-state index is 0.224. The first kappa shape index (κ1) is 27.9. The number of aryl methyl sites for hydroxylation is 1. The van der Waals surface area contributed by atoms with Gasteiger partial charge < -0.3 is 9.84 Å². The summed E-state index contributed by atoms with van der Waals surface area (Å²) in [5.41, 5.74) is 2.78. The van der Waals surface area contributed by atoms with Gasteiger partial charge in [0.15, 0.2) is 0 Å². The number of aromatic hydroxyl groups is 1. The van der Waals surface area contributed by atoms with Crippen molar-refractivity contribution in [2.45, 2.75) is 124 Å². The zero-order valence-electron chi connectivity index (χ0n) is 21.6. The maximum Gasteiger partial charge on any atom is 0.391 e. The Morgan fingerprint density at radius 2 is 1.61 bits per heavy atom. The lowest BCUT2D eigenvalue weighted by atomic mass is 9.84. The van der Waals surface area contributed by atoms with E-state index in [0.29, 0.717) is 30.4 Å². The van der Waals surface area contributed by atoms with E-state index >= 15 is 0 Å². The number of rotatable bonds is 12. The number of hydrogen-bond donors (Lipinski definition) is 1. The van der Waals surface area contributed by atoms with Crippen LogP contribution in [0.5, 0.6) is 11.5 Å². The molecule has 0 amide bonds. The maximum atomic E-state index is 13.4. The molecule has 5 heteroatoms. The Balaban J connectivity index is 1.76. The van der Waals surface area contributed by atoms with E-state index in [4.69, 9.17) is 4.74 Å². The number of ether oxygens (including phenoxy) is 1. The first-order valence-electron chi connectivity index (χ1n) is 12.9. The predicted octanol–water partition coefficient (Wildman–Crippen LogP) is 9.07. The Hall–Kier alpha value is -1.39. The van der Waals surface area contributed by atoms with Crippen LogP contribution in [0.15, 0.2) is 6.07 Å². The number of hydrogen-bond acceptors (Lipinski definition) is 2. The zero-order valence-corrected chi connectivity index (χ0v) is 21.6. The molecule has 0 saturated carbocycles. The third-order valence-electron chi connectivity index (χ3n) is 7.52. The molecule has 0 saturated heterocycles. The third kappa shape index (κ3) is 8.40. The van der Waals surface area contributed by atoms with Gasteiger partial charge in [0, 0.05) is 5.56 Å². The molecular formula is C28H45F3O2. The summed E-state index contributed by atoms with van der Waals surface area (Å²) in [5.74, 6) is 0.990. The second-order valence-corrected chi connectivity index (χ2v) is 11.2. The van der Waals surface area contributed by atoms with Crippen LogP contribution in [0.1, 0.15) is 109 Å². The molecular weight excluding hydrogens is 425 g/mol. The lowest BCUT2D eigenvalue weighted by Gasteiger charge is -2.37. The van der Waals surface area contributed by atoms with Crippen LogP contribution < -0.4 is 4.74 Å². The van der Waals surface area contributed by atoms with Crippen molar-refractivity contribution >= 4 is 0 Å². The van der Waals surface area contributed by atoms with Gasteiger partial charge in [-0.1, -0.05) is 52.9 Å². The number of fused-ring (bicyclic) bond motifs is 1. The molecule has 0 bridgehead atoms. The highest BCUT2D eigenvalue weighted by Crippen LogP contribution is 2.42. The SMILES string of the molecule is Cc1cc(O)c(C)c2c1OC(C)(CCCC(C)CCCC(CCCC(C)C)C(F)(F)F)CC2. The molecule has 2 nitrogen and oxygen atoms in total. The highest BCUT2D eigenvalue weighted by atomic mass is 19.4. The first-order valence-corrected chi connectivity index (χ1v) is 12.9. The summed E-state index contributed by atoms with van der Waals surface area (Å²) in [4.78, 5) is 0. The normalized spacial score (nSPS) is 20.4. The van der Waals surface area contributed by atoms with E-state index in [-0.39, 0.29) is 18.4 Å². The molecule has 0 aromatic heterocycles. The second kappa shape index (κ2) is 11.8. The summed E-state index contributed by atoms with van der Waals surface area (Å²) in [6, 6.07) is 1.78. The minimum Gasteiger partial charge on any atom is -0.508 e. The van der Waals surface area contributed by atoms with Crippen molar-refractivity contribution in [1.82, 2.24) is 0 Å². The predicted molar refractivity (Wildman–Crippen MR) is 130 cm³/mol. The zero-order chi connectivity index (χ0) is 24.8. The van der Waals surface area contributed by atoms with Gasteiger partial charge in [0.2, 0.25) is 0 Å². The third-order valence-corrected chi connectivity index (χ3v) is 7.52. The Bertz CT molecular complexity index is 756. The van der Waals surface area contributed by atoms with Crippen molar-refractivity contribution in [2.24, 2.45) is 17.8 Å². The molecule has 0 fully saturated rings. The Morgan fingerprint density at radius 1 is 1.00 bits per heavy atom. The molecule has 33 heavy (non-hydrogen) atoms. The Labute approximate surface area is 199 Å². The summed E-state index contributed by atoms with van der Waals surface area (Å²) in [5, 5.41) is 10.1. The maximum absolute atomic E-state index is 13.4. The van der Waals surface area contributed by atoms with Crippen molar-refractivity contribution in [1.29, 1.82) is 0 Å². The lowest BCUT2D eigenvalue weighted by Crippen LogP contribution is -2.37. The average molecular weight is 471 g/mol. The van der Waals surface area contributed by atoms with E-state index in [1.165, 1.54) is 0 Å². The first-order chi connectivity index (χ1) is 15.3. The van der Waals surface area contributed by atoms with E-state index < -0.39 is 12.1 Å². The van der Waals surface area contributed by atoms with E-state index in [0.717, 1.165) is 67.4 Å². The van der Waals surface area contributed by atoms with Crippen LogP contribution in [0.2, 0.25) is 0 Å². The fourth-order valence-electron chi connectivity index (χ4n) is 5.17. The van der Waals surface area contributed by atoms with E-state index in [2.05, 4.69) is 27.7 Å². The van der Waals surface area contributed by atoms with Crippen LogP contribution in [-0.4, -0.2) is 16.9 Å². The highest BCUT2D eigenvalue weighted by Gasteiger charge is 2.38. The number of phenols is 1. The fraction of sp³-hybridized carbons (Fsp3) is 0.786. The molecule has 1 N–H and O–H groups in total. The van der Waals surface area contributed by atoms with Gasteiger partial charge in [-0.05, 0) is 88.3 Å². The molecule has 2 rings (SSSR count). The molecule has 1 heterocycles. The van der Waals surface area contributed by atoms with Crippen LogP contribution >= 0.6 is 0 Å².